The molecule has 0 atom stereocenters. The number of carbonyl (C=O) groups excluding carboxylic acids is 1. The SMILES string of the molecule is O=C(CCn1c(=O)[nH]c2ccccc21)NCc1coc(-c2ccccc2)n1. The van der Waals surface area contributed by atoms with Crippen molar-refractivity contribution in [1.29, 1.82) is 0 Å². The van der Waals surface area contributed by atoms with Crippen LogP contribution in [0, 0.1) is 0 Å². The van der Waals surface area contributed by atoms with Crippen molar-refractivity contribution in [2.45, 2.75) is 19.5 Å². The Balaban J connectivity index is 1.34. The predicted molar refractivity (Wildman–Crippen MR) is 101 cm³/mol. The van der Waals surface area contributed by atoms with Gasteiger partial charge in [0.05, 0.1) is 23.3 Å². The number of para-hydroxylation sites is 2. The number of aromatic nitrogens is 3. The maximum Gasteiger partial charge on any atom is 0.326 e. The first kappa shape index (κ1) is 16.8. The number of H-pyrrole nitrogens is 1. The minimum absolute atomic E-state index is 0.156. The van der Waals surface area contributed by atoms with Gasteiger partial charge in [0.1, 0.15) is 6.26 Å². The van der Waals surface area contributed by atoms with E-state index in [-0.39, 0.29) is 24.6 Å². The number of amides is 1. The van der Waals surface area contributed by atoms with E-state index in [1.54, 1.807) is 4.57 Å². The quantitative estimate of drug-likeness (QED) is 0.551. The summed E-state index contributed by atoms with van der Waals surface area (Å²) in [6, 6.07) is 17.0. The van der Waals surface area contributed by atoms with Crippen molar-refractivity contribution in [3.8, 4) is 11.5 Å². The van der Waals surface area contributed by atoms with E-state index in [1.807, 2.05) is 54.6 Å². The molecule has 2 aromatic heterocycles. The van der Waals surface area contributed by atoms with Gasteiger partial charge in [-0.2, -0.15) is 0 Å². The number of hydrogen-bond acceptors (Lipinski definition) is 4. The molecule has 0 aliphatic rings. The third-order valence-electron chi connectivity index (χ3n) is 4.28. The third-order valence-corrected chi connectivity index (χ3v) is 4.28. The van der Waals surface area contributed by atoms with Crippen LogP contribution >= 0.6 is 0 Å². The summed E-state index contributed by atoms with van der Waals surface area (Å²) in [7, 11) is 0. The molecule has 27 heavy (non-hydrogen) atoms. The fourth-order valence-corrected chi connectivity index (χ4v) is 2.92. The van der Waals surface area contributed by atoms with Crippen molar-refractivity contribution in [2.24, 2.45) is 0 Å². The molecule has 0 unspecified atom stereocenters. The number of hydrogen-bond donors (Lipinski definition) is 2. The number of imidazole rings is 1. The standard InChI is InChI=1S/C20H18N4O3/c25-18(10-11-24-17-9-5-4-8-16(17)23-20(24)26)21-12-15-13-27-19(22-15)14-6-2-1-3-7-14/h1-9,13H,10-12H2,(H,21,25)(H,23,26). The Labute approximate surface area is 154 Å². The van der Waals surface area contributed by atoms with Gasteiger partial charge in [-0.05, 0) is 24.3 Å². The Morgan fingerprint density at radius 2 is 1.89 bits per heavy atom. The highest BCUT2D eigenvalue weighted by Crippen LogP contribution is 2.17. The summed E-state index contributed by atoms with van der Waals surface area (Å²) in [6.45, 7) is 0.584. The number of benzene rings is 2. The predicted octanol–water partition coefficient (Wildman–Crippen LogP) is 2.69. The summed E-state index contributed by atoms with van der Waals surface area (Å²) in [5.41, 5.74) is 2.87. The van der Waals surface area contributed by atoms with Crippen LogP contribution in [0.1, 0.15) is 12.1 Å². The van der Waals surface area contributed by atoms with Gasteiger partial charge in [0.25, 0.3) is 0 Å². The minimum Gasteiger partial charge on any atom is -0.444 e. The van der Waals surface area contributed by atoms with Crippen LogP contribution in [0.2, 0.25) is 0 Å². The molecule has 136 valence electrons. The molecule has 1 amide bonds. The second-order valence-corrected chi connectivity index (χ2v) is 6.14. The Bertz CT molecular complexity index is 1120. The summed E-state index contributed by atoms with van der Waals surface area (Å²) in [6.07, 6.45) is 1.73. The van der Waals surface area contributed by atoms with Crippen molar-refractivity contribution in [3.63, 3.8) is 0 Å². The number of nitrogens with one attached hydrogen (secondary N) is 2. The van der Waals surface area contributed by atoms with Gasteiger partial charge in [0, 0.05) is 18.5 Å². The van der Waals surface area contributed by atoms with Gasteiger partial charge in [0.2, 0.25) is 11.8 Å². The van der Waals surface area contributed by atoms with E-state index in [9.17, 15) is 9.59 Å². The molecule has 0 radical (unpaired) electrons. The molecule has 0 bridgehead atoms. The molecule has 4 aromatic rings. The summed E-state index contributed by atoms with van der Waals surface area (Å²) < 4.78 is 7.02. The van der Waals surface area contributed by atoms with Crippen LogP contribution < -0.4 is 11.0 Å². The number of rotatable bonds is 6. The monoisotopic (exact) mass is 362 g/mol. The molecule has 0 fully saturated rings. The van der Waals surface area contributed by atoms with Crippen LogP contribution in [0.15, 0.2) is 70.1 Å². The second kappa shape index (κ2) is 7.33. The van der Waals surface area contributed by atoms with Gasteiger partial charge in [-0.1, -0.05) is 30.3 Å². The number of nitrogens with zero attached hydrogens (tertiary/aromatic N) is 2. The molecule has 2 aromatic carbocycles. The van der Waals surface area contributed by atoms with Gasteiger partial charge < -0.3 is 14.7 Å². The Kier molecular flexibility index (Phi) is 4.57. The number of carbonyl (C=O) groups is 1. The zero-order valence-corrected chi connectivity index (χ0v) is 14.5. The normalized spacial score (nSPS) is 11.0. The average Bonchev–Trinajstić information content (AvgIpc) is 3.29. The molecular formula is C20H18N4O3. The van der Waals surface area contributed by atoms with E-state index in [0.717, 1.165) is 16.6 Å². The van der Waals surface area contributed by atoms with Crippen LogP contribution in [-0.2, 0) is 17.9 Å². The first-order chi connectivity index (χ1) is 13.2. The third kappa shape index (κ3) is 3.67. The number of fused-ring (bicyclic) bond motifs is 1. The van der Waals surface area contributed by atoms with E-state index in [1.165, 1.54) is 6.26 Å². The molecule has 0 aliphatic carbocycles. The van der Waals surface area contributed by atoms with Crippen molar-refractivity contribution < 1.29 is 9.21 Å². The van der Waals surface area contributed by atoms with Crippen molar-refractivity contribution >= 4 is 16.9 Å². The Morgan fingerprint density at radius 1 is 1.11 bits per heavy atom. The largest absolute Gasteiger partial charge is 0.444 e. The van der Waals surface area contributed by atoms with Crippen molar-refractivity contribution in [2.75, 3.05) is 0 Å². The number of oxazole rings is 1. The van der Waals surface area contributed by atoms with E-state index in [0.29, 0.717) is 18.1 Å². The highest BCUT2D eigenvalue weighted by Gasteiger charge is 2.10. The molecule has 0 aliphatic heterocycles. The fourth-order valence-electron chi connectivity index (χ4n) is 2.92. The zero-order valence-electron chi connectivity index (χ0n) is 14.5. The smallest absolute Gasteiger partial charge is 0.326 e. The van der Waals surface area contributed by atoms with Gasteiger partial charge in [-0.15, -0.1) is 0 Å². The number of aromatic amines is 1. The maximum absolute atomic E-state index is 12.1. The Hall–Kier alpha value is -3.61. The van der Waals surface area contributed by atoms with E-state index in [4.69, 9.17) is 4.42 Å². The van der Waals surface area contributed by atoms with Crippen LogP contribution in [0.25, 0.3) is 22.5 Å². The maximum atomic E-state index is 12.1. The topological polar surface area (TPSA) is 92.9 Å². The van der Waals surface area contributed by atoms with E-state index >= 15 is 0 Å². The van der Waals surface area contributed by atoms with Crippen LogP contribution in [0.3, 0.4) is 0 Å². The molecule has 0 spiro atoms. The summed E-state index contributed by atoms with van der Waals surface area (Å²) in [5.74, 6) is 0.363. The van der Waals surface area contributed by atoms with Crippen molar-refractivity contribution in [1.82, 2.24) is 19.9 Å². The number of aryl methyl sites for hydroxylation is 1. The molecule has 0 saturated carbocycles. The molecular weight excluding hydrogens is 344 g/mol. The first-order valence-electron chi connectivity index (χ1n) is 8.65. The molecule has 2 heterocycles. The lowest BCUT2D eigenvalue weighted by Gasteiger charge is -2.04. The minimum atomic E-state index is -0.215. The highest BCUT2D eigenvalue weighted by atomic mass is 16.3. The first-order valence-corrected chi connectivity index (χ1v) is 8.65. The summed E-state index contributed by atoms with van der Waals surface area (Å²) >= 11 is 0. The van der Waals surface area contributed by atoms with Gasteiger partial charge in [-0.25, -0.2) is 9.78 Å². The van der Waals surface area contributed by atoms with Crippen LogP contribution in [-0.4, -0.2) is 20.4 Å². The Morgan fingerprint density at radius 3 is 2.74 bits per heavy atom. The lowest BCUT2D eigenvalue weighted by Crippen LogP contribution is -2.26. The van der Waals surface area contributed by atoms with E-state index < -0.39 is 0 Å². The lowest BCUT2D eigenvalue weighted by atomic mass is 10.2. The van der Waals surface area contributed by atoms with Gasteiger partial charge in [0.15, 0.2) is 0 Å². The van der Waals surface area contributed by atoms with Crippen LogP contribution in [0.5, 0.6) is 0 Å². The molecule has 7 heteroatoms. The molecule has 7 nitrogen and oxygen atoms in total. The summed E-state index contributed by atoms with van der Waals surface area (Å²) in [4.78, 5) is 31.3. The lowest BCUT2D eigenvalue weighted by molar-refractivity contribution is -0.121. The molecule has 2 N–H and O–H groups in total. The fraction of sp³-hybridized carbons (Fsp3) is 0.150. The molecule has 0 saturated heterocycles. The van der Waals surface area contributed by atoms with Gasteiger partial charge >= 0.3 is 5.69 Å². The van der Waals surface area contributed by atoms with Crippen LogP contribution in [0.4, 0.5) is 0 Å². The van der Waals surface area contributed by atoms with E-state index in [2.05, 4.69) is 15.3 Å². The van der Waals surface area contributed by atoms with Gasteiger partial charge in [-0.3, -0.25) is 9.36 Å². The zero-order chi connectivity index (χ0) is 18.6. The highest BCUT2D eigenvalue weighted by molar-refractivity contribution is 5.77. The second-order valence-electron chi connectivity index (χ2n) is 6.14. The van der Waals surface area contributed by atoms with Crippen molar-refractivity contribution in [3.05, 3.63) is 77.0 Å². The molecule has 4 rings (SSSR count). The average molecular weight is 362 g/mol. The summed E-state index contributed by atoms with van der Waals surface area (Å²) in [5, 5.41) is 2.81.